The molecule has 0 aliphatic carbocycles. The summed E-state index contributed by atoms with van der Waals surface area (Å²) in [5.74, 6) is 0. The smallest absolute Gasteiger partial charge is 0.0206 e. The largest absolute Gasteiger partial charge is 0.313 e. The summed E-state index contributed by atoms with van der Waals surface area (Å²) in [6.07, 6.45) is 0. The van der Waals surface area contributed by atoms with Gasteiger partial charge in [-0.25, -0.2) is 0 Å². The Balaban J connectivity index is 2.24. The molecule has 0 radical (unpaired) electrons. The van der Waals surface area contributed by atoms with Crippen LogP contribution in [-0.2, 0) is 6.54 Å². The van der Waals surface area contributed by atoms with Crippen LogP contribution in [0.2, 0.25) is 0 Å². The van der Waals surface area contributed by atoms with Gasteiger partial charge in [-0.05, 0) is 30.5 Å². The van der Waals surface area contributed by atoms with E-state index in [0.29, 0.717) is 6.04 Å². The molecule has 0 aromatic heterocycles. The van der Waals surface area contributed by atoms with E-state index >= 15 is 0 Å². The normalized spacial score (nSPS) is 11.1. The Labute approximate surface area is 99.5 Å². The van der Waals surface area contributed by atoms with Gasteiger partial charge in [-0.1, -0.05) is 32.0 Å². The van der Waals surface area contributed by atoms with E-state index in [4.69, 9.17) is 0 Å². The van der Waals surface area contributed by atoms with Crippen molar-refractivity contribution < 1.29 is 0 Å². The predicted molar refractivity (Wildman–Crippen MR) is 70.8 cm³/mol. The number of nitrogens with one attached hydrogen (secondary N) is 2. The molecule has 0 heterocycles. The van der Waals surface area contributed by atoms with E-state index in [-0.39, 0.29) is 0 Å². The summed E-state index contributed by atoms with van der Waals surface area (Å²) in [5.41, 5.74) is 4.11. The van der Waals surface area contributed by atoms with E-state index in [0.717, 1.165) is 19.6 Å². The van der Waals surface area contributed by atoms with E-state index in [9.17, 15) is 0 Å². The molecule has 90 valence electrons. The Hall–Kier alpha value is -0.860. The lowest BCUT2D eigenvalue weighted by Crippen LogP contribution is -2.31. The van der Waals surface area contributed by atoms with Crippen LogP contribution in [0.15, 0.2) is 18.2 Å². The van der Waals surface area contributed by atoms with Gasteiger partial charge in [0, 0.05) is 25.7 Å². The molecule has 0 atom stereocenters. The van der Waals surface area contributed by atoms with Gasteiger partial charge in [0.25, 0.3) is 0 Å². The van der Waals surface area contributed by atoms with E-state index in [2.05, 4.69) is 56.5 Å². The van der Waals surface area contributed by atoms with Crippen molar-refractivity contribution in [3.63, 3.8) is 0 Å². The maximum atomic E-state index is 3.44. The van der Waals surface area contributed by atoms with Crippen molar-refractivity contribution in [2.45, 2.75) is 40.3 Å². The zero-order valence-electron chi connectivity index (χ0n) is 10.9. The zero-order valence-corrected chi connectivity index (χ0v) is 10.9. The Morgan fingerprint density at radius 2 is 1.81 bits per heavy atom. The first-order valence-electron chi connectivity index (χ1n) is 6.10. The third-order valence-corrected chi connectivity index (χ3v) is 2.75. The second kappa shape index (κ2) is 6.66. The average molecular weight is 220 g/mol. The molecule has 0 saturated carbocycles. The molecule has 0 fully saturated rings. The lowest BCUT2D eigenvalue weighted by atomic mass is 10.1. The molecular formula is C14H24N2. The van der Waals surface area contributed by atoms with Gasteiger partial charge in [0.05, 0.1) is 0 Å². The Bertz CT molecular complexity index is 319. The van der Waals surface area contributed by atoms with Gasteiger partial charge in [0.15, 0.2) is 0 Å². The highest BCUT2D eigenvalue weighted by atomic mass is 15.0. The fourth-order valence-electron chi connectivity index (χ4n) is 1.60. The Kier molecular flexibility index (Phi) is 5.50. The van der Waals surface area contributed by atoms with Crippen molar-refractivity contribution in [2.24, 2.45) is 0 Å². The maximum Gasteiger partial charge on any atom is 0.0206 e. The van der Waals surface area contributed by atoms with Crippen LogP contribution in [0.5, 0.6) is 0 Å². The topological polar surface area (TPSA) is 24.1 Å². The molecule has 0 saturated heterocycles. The summed E-state index contributed by atoms with van der Waals surface area (Å²) in [6.45, 7) is 11.7. The maximum absolute atomic E-state index is 3.44. The second-order valence-corrected chi connectivity index (χ2v) is 4.70. The monoisotopic (exact) mass is 220 g/mol. The fraction of sp³-hybridized carbons (Fsp3) is 0.571. The molecule has 0 aliphatic heterocycles. The van der Waals surface area contributed by atoms with Gasteiger partial charge in [-0.15, -0.1) is 0 Å². The summed E-state index contributed by atoms with van der Waals surface area (Å²) in [7, 11) is 0. The Morgan fingerprint density at radius 1 is 1.06 bits per heavy atom. The number of benzene rings is 1. The lowest BCUT2D eigenvalue weighted by molar-refractivity contribution is 0.555. The summed E-state index contributed by atoms with van der Waals surface area (Å²) in [6, 6.07) is 7.23. The minimum atomic E-state index is 0.573. The zero-order chi connectivity index (χ0) is 12.0. The third-order valence-electron chi connectivity index (χ3n) is 2.75. The summed E-state index contributed by atoms with van der Waals surface area (Å²) in [5, 5.41) is 6.83. The Morgan fingerprint density at radius 3 is 2.44 bits per heavy atom. The quantitative estimate of drug-likeness (QED) is 0.719. The fourth-order valence-corrected chi connectivity index (χ4v) is 1.60. The molecule has 1 rings (SSSR count). The van der Waals surface area contributed by atoms with E-state index < -0.39 is 0 Å². The molecular weight excluding hydrogens is 196 g/mol. The minimum absolute atomic E-state index is 0.573. The van der Waals surface area contributed by atoms with Crippen LogP contribution in [0.1, 0.15) is 30.5 Å². The van der Waals surface area contributed by atoms with Gasteiger partial charge < -0.3 is 10.6 Å². The summed E-state index contributed by atoms with van der Waals surface area (Å²) in [4.78, 5) is 0. The van der Waals surface area contributed by atoms with Gasteiger partial charge in [0.1, 0.15) is 0 Å². The van der Waals surface area contributed by atoms with E-state index in [1.54, 1.807) is 0 Å². The van der Waals surface area contributed by atoms with Gasteiger partial charge >= 0.3 is 0 Å². The van der Waals surface area contributed by atoms with Crippen molar-refractivity contribution in [1.82, 2.24) is 10.6 Å². The first-order valence-corrected chi connectivity index (χ1v) is 6.10. The van der Waals surface area contributed by atoms with Crippen molar-refractivity contribution in [2.75, 3.05) is 13.1 Å². The molecule has 0 spiro atoms. The number of hydrogen-bond donors (Lipinski definition) is 2. The van der Waals surface area contributed by atoms with Crippen LogP contribution in [-0.4, -0.2) is 19.1 Å². The van der Waals surface area contributed by atoms with Crippen LogP contribution >= 0.6 is 0 Å². The average Bonchev–Trinajstić information content (AvgIpc) is 2.22. The minimum Gasteiger partial charge on any atom is -0.313 e. The van der Waals surface area contributed by atoms with Crippen molar-refractivity contribution in [1.29, 1.82) is 0 Å². The molecule has 0 bridgehead atoms. The first kappa shape index (κ1) is 13.2. The molecule has 1 aromatic rings. The number of aryl methyl sites for hydroxylation is 2. The number of rotatable bonds is 6. The third kappa shape index (κ3) is 4.77. The van der Waals surface area contributed by atoms with Crippen LogP contribution < -0.4 is 10.6 Å². The highest BCUT2D eigenvalue weighted by Crippen LogP contribution is 2.09. The van der Waals surface area contributed by atoms with Gasteiger partial charge in [0.2, 0.25) is 0 Å². The molecule has 2 nitrogen and oxygen atoms in total. The van der Waals surface area contributed by atoms with Gasteiger partial charge in [-0.3, -0.25) is 0 Å². The molecule has 0 amide bonds. The van der Waals surface area contributed by atoms with Crippen molar-refractivity contribution in [3.05, 3.63) is 34.9 Å². The standard InChI is InChI=1S/C14H24N2/c1-11(2)16-8-7-15-10-14-6-5-12(3)13(4)9-14/h5-6,9,11,15-16H,7-8,10H2,1-4H3. The van der Waals surface area contributed by atoms with Gasteiger partial charge in [-0.2, -0.15) is 0 Å². The molecule has 0 unspecified atom stereocenters. The van der Waals surface area contributed by atoms with Crippen LogP contribution in [0.3, 0.4) is 0 Å². The lowest BCUT2D eigenvalue weighted by Gasteiger charge is -2.10. The second-order valence-electron chi connectivity index (χ2n) is 4.70. The van der Waals surface area contributed by atoms with Crippen LogP contribution in [0.25, 0.3) is 0 Å². The van der Waals surface area contributed by atoms with E-state index in [1.807, 2.05) is 0 Å². The SMILES string of the molecule is Cc1ccc(CNCCNC(C)C)cc1C. The molecule has 1 aromatic carbocycles. The highest BCUT2D eigenvalue weighted by molar-refractivity contribution is 5.29. The first-order chi connectivity index (χ1) is 7.59. The molecule has 2 N–H and O–H groups in total. The van der Waals surface area contributed by atoms with Crippen LogP contribution in [0.4, 0.5) is 0 Å². The number of hydrogen-bond acceptors (Lipinski definition) is 2. The van der Waals surface area contributed by atoms with E-state index in [1.165, 1.54) is 16.7 Å². The molecule has 2 heteroatoms. The molecule has 16 heavy (non-hydrogen) atoms. The summed E-state index contributed by atoms with van der Waals surface area (Å²) >= 11 is 0. The highest BCUT2D eigenvalue weighted by Gasteiger charge is 1.96. The van der Waals surface area contributed by atoms with Crippen molar-refractivity contribution in [3.8, 4) is 0 Å². The van der Waals surface area contributed by atoms with Crippen molar-refractivity contribution >= 4 is 0 Å². The summed E-state index contributed by atoms with van der Waals surface area (Å²) < 4.78 is 0. The van der Waals surface area contributed by atoms with Crippen LogP contribution in [0, 0.1) is 13.8 Å². The predicted octanol–water partition coefficient (Wildman–Crippen LogP) is 2.39. The molecule has 0 aliphatic rings.